The first-order valence-electron chi connectivity index (χ1n) is 14.7. The Balaban J connectivity index is 1.61. The fourth-order valence-electron chi connectivity index (χ4n) is 4.55. The van der Waals surface area contributed by atoms with E-state index < -0.39 is 56.6 Å². The van der Waals surface area contributed by atoms with Crippen LogP contribution in [0.25, 0.3) is 11.2 Å². The molecule has 252 valence electrons. The molecule has 3 heterocycles. The summed E-state index contributed by atoms with van der Waals surface area (Å²) in [6.07, 6.45) is -3.71. The third-order valence-corrected chi connectivity index (χ3v) is 8.63. The minimum Gasteiger partial charge on any atom is -0.462 e. The number of amides is 1. The molecule has 1 amide bonds. The van der Waals surface area contributed by atoms with Crippen LogP contribution in [0.1, 0.15) is 47.8 Å². The Morgan fingerprint density at radius 3 is 2.46 bits per heavy atom. The van der Waals surface area contributed by atoms with Crippen LogP contribution in [0.3, 0.4) is 0 Å². The van der Waals surface area contributed by atoms with Gasteiger partial charge in [-0.05, 0) is 39.8 Å². The van der Waals surface area contributed by atoms with Gasteiger partial charge in [0.25, 0.3) is 0 Å². The third-order valence-electron chi connectivity index (χ3n) is 6.99. The molecular formula is C29H41FN7O8P. The Kier molecular flexibility index (Phi) is 10.7. The van der Waals surface area contributed by atoms with Crippen LogP contribution in [-0.4, -0.2) is 87.2 Å². The number of hydrogen-bond acceptors (Lipinski definition) is 12. The number of nitrogens with zero attached hydrogens (tertiary/aromatic N) is 5. The molecule has 0 bridgehead atoms. The number of esters is 1. The Hall–Kier alpha value is -3.69. The van der Waals surface area contributed by atoms with E-state index in [0.29, 0.717) is 11.3 Å². The first kappa shape index (κ1) is 35.2. The van der Waals surface area contributed by atoms with E-state index in [1.54, 1.807) is 64.9 Å². The van der Waals surface area contributed by atoms with E-state index in [0.717, 1.165) is 6.92 Å². The summed E-state index contributed by atoms with van der Waals surface area (Å²) in [5.74, 6) is -0.861. The summed E-state index contributed by atoms with van der Waals surface area (Å²) in [4.78, 5) is 39.7. The molecule has 3 aromatic rings. The van der Waals surface area contributed by atoms with Gasteiger partial charge in [0.05, 0.1) is 19.0 Å². The number of imidazole rings is 1. The predicted octanol–water partition coefficient (Wildman–Crippen LogP) is 3.61. The molecule has 1 unspecified atom stereocenters. The summed E-state index contributed by atoms with van der Waals surface area (Å²) in [5.41, 5.74) is -1.98. The van der Waals surface area contributed by atoms with E-state index in [4.69, 9.17) is 18.5 Å². The highest BCUT2D eigenvalue weighted by atomic mass is 31.2. The second-order valence-corrected chi connectivity index (χ2v) is 13.6. The zero-order valence-corrected chi connectivity index (χ0v) is 27.9. The van der Waals surface area contributed by atoms with Gasteiger partial charge in [0, 0.05) is 20.0 Å². The molecule has 4 rings (SSSR count). The number of carbonyl (C=O) groups excluding carboxylic acids is 2. The predicted molar refractivity (Wildman–Crippen MR) is 167 cm³/mol. The highest BCUT2D eigenvalue weighted by Gasteiger charge is 2.56. The molecular weight excluding hydrogens is 624 g/mol. The molecule has 3 N–H and O–H groups in total. The second-order valence-electron chi connectivity index (χ2n) is 11.9. The molecule has 0 spiro atoms. The van der Waals surface area contributed by atoms with E-state index in [-0.39, 0.29) is 29.2 Å². The lowest BCUT2D eigenvalue weighted by atomic mass is 9.98. The second kappa shape index (κ2) is 14.0. The van der Waals surface area contributed by atoms with Crippen molar-refractivity contribution in [3.63, 3.8) is 0 Å². The number of aromatic nitrogens is 4. The van der Waals surface area contributed by atoms with Crippen molar-refractivity contribution in [2.24, 2.45) is 5.92 Å². The maximum Gasteiger partial charge on any atom is 0.459 e. The van der Waals surface area contributed by atoms with Crippen LogP contribution in [0.4, 0.5) is 16.2 Å². The van der Waals surface area contributed by atoms with Crippen molar-refractivity contribution in [1.29, 1.82) is 0 Å². The van der Waals surface area contributed by atoms with Crippen LogP contribution in [0.5, 0.6) is 5.75 Å². The van der Waals surface area contributed by atoms with Crippen LogP contribution >= 0.6 is 7.75 Å². The summed E-state index contributed by atoms with van der Waals surface area (Å²) < 4.78 is 54.0. The summed E-state index contributed by atoms with van der Waals surface area (Å²) in [6, 6.07) is 7.00. The van der Waals surface area contributed by atoms with E-state index in [2.05, 4.69) is 25.4 Å². The largest absolute Gasteiger partial charge is 0.462 e. The number of halogens is 1. The Morgan fingerprint density at radius 2 is 1.85 bits per heavy atom. The standard InChI is InChI=1S/C29H41FN7O8P/c1-16(2)25(39)34-28-32-23(36(7)8)21-24(33-28)37(15-31-21)27-29(6,30)22(38)20(44-27)14-42-46(41,45-19-12-10-9-11-13-19)35-18(5)26(40)43-17(3)4/h9-13,15-18,20,22,27,38H,14H2,1-8H3,(H,35,41)(H,32,33,34,39)/t18-,20+,22+,27+,29+,46?/m0/s1. The van der Waals surface area contributed by atoms with Gasteiger partial charge in [0.1, 0.15) is 24.0 Å². The van der Waals surface area contributed by atoms with Gasteiger partial charge in [0.2, 0.25) is 11.9 Å². The maximum absolute atomic E-state index is 16.3. The summed E-state index contributed by atoms with van der Waals surface area (Å²) in [6.45, 7) is 8.75. The van der Waals surface area contributed by atoms with Gasteiger partial charge in [-0.15, -0.1) is 0 Å². The smallest absolute Gasteiger partial charge is 0.459 e. The Morgan fingerprint density at radius 1 is 1.17 bits per heavy atom. The molecule has 15 nitrogen and oxygen atoms in total. The summed E-state index contributed by atoms with van der Waals surface area (Å²) in [5, 5.41) is 16.3. The third kappa shape index (κ3) is 7.81. The molecule has 0 aliphatic carbocycles. The number of ether oxygens (including phenoxy) is 2. The lowest BCUT2D eigenvalue weighted by molar-refractivity contribution is -0.149. The Bertz CT molecular complexity index is 1590. The molecule has 1 fully saturated rings. The molecule has 6 atom stereocenters. The number of rotatable bonds is 13. The number of nitrogens with one attached hydrogen (secondary N) is 2. The quantitative estimate of drug-likeness (QED) is 0.178. The lowest BCUT2D eigenvalue weighted by Crippen LogP contribution is -2.41. The number of anilines is 2. The fraction of sp³-hybridized carbons (Fsp3) is 0.552. The number of aliphatic hydroxyl groups is 1. The zero-order chi connectivity index (χ0) is 34.0. The van der Waals surface area contributed by atoms with Gasteiger partial charge >= 0.3 is 13.7 Å². The van der Waals surface area contributed by atoms with Gasteiger partial charge in [-0.2, -0.15) is 15.1 Å². The molecule has 2 aromatic heterocycles. The van der Waals surface area contributed by atoms with Crippen molar-refractivity contribution in [2.45, 2.75) is 77.8 Å². The van der Waals surface area contributed by atoms with Gasteiger partial charge in [0.15, 0.2) is 28.9 Å². The molecule has 1 saturated heterocycles. The molecule has 46 heavy (non-hydrogen) atoms. The van der Waals surface area contributed by atoms with Crippen LogP contribution in [0.2, 0.25) is 0 Å². The average molecular weight is 666 g/mol. The minimum absolute atomic E-state index is 0.0224. The van der Waals surface area contributed by atoms with E-state index >= 15 is 4.39 Å². The van der Waals surface area contributed by atoms with E-state index in [1.165, 1.54) is 30.0 Å². The number of alkyl halides is 1. The minimum atomic E-state index is -4.33. The van der Waals surface area contributed by atoms with Crippen molar-refractivity contribution < 1.29 is 42.2 Å². The van der Waals surface area contributed by atoms with Crippen molar-refractivity contribution in [3.05, 3.63) is 36.7 Å². The number of aliphatic hydroxyl groups excluding tert-OH is 1. The molecule has 1 aliphatic rings. The molecule has 17 heteroatoms. The topological polar surface area (TPSA) is 179 Å². The zero-order valence-electron chi connectivity index (χ0n) is 27.0. The van der Waals surface area contributed by atoms with Crippen molar-refractivity contribution >= 4 is 42.6 Å². The monoisotopic (exact) mass is 665 g/mol. The number of hydrogen-bond donors (Lipinski definition) is 3. The van der Waals surface area contributed by atoms with Gasteiger partial charge in [-0.1, -0.05) is 32.0 Å². The Labute approximate surface area is 266 Å². The van der Waals surface area contributed by atoms with Crippen LogP contribution in [0, 0.1) is 5.92 Å². The van der Waals surface area contributed by atoms with Crippen molar-refractivity contribution in [3.8, 4) is 5.75 Å². The fourth-order valence-corrected chi connectivity index (χ4v) is 6.05. The molecule has 0 saturated carbocycles. The first-order valence-corrected chi connectivity index (χ1v) is 16.3. The van der Waals surface area contributed by atoms with Gasteiger partial charge in [-0.25, -0.2) is 13.9 Å². The number of para-hydroxylation sites is 1. The van der Waals surface area contributed by atoms with Gasteiger partial charge < -0.3 is 24.0 Å². The number of carbonyl (C=O) groups is 2. The van der Waals surface area contributed by atoms with Crippen LogP contribution in [0.15, 0.2) is 36.7 Å². The molecule has 1 aromatic carbocycles. The lowest BCUT2D eigenvalue weighted by Gasteiger charge is -2.25. The SMILES string of the molecule is CC(C)OC(=O)[C@H](C)NP(=O)(OC[C@H]1O[C@@H](n2cnc3c(N(C)C)nc(NC(=O)C(C)C)nc32)[C@](C)(F)[C@@H]1O)Oc1ccccc1. The van der Waals surface area contributed by atoms with Crippen molar-refractivity contribution in [2.75, 3.05) is 30.9 Å². The molecule has 0 radical (unpaired) electrons. The number of benzene rings is 1. The average Bonchev–Trinajstić information content (AvgIpc) is 3.48. The molecule has 1 aliphatic heterocycles. The van der Waals surface area contributed by atoms with Crippen LogP contribution < -0.4 is 19.8 Å². The highest BCUT2D eigenvalue weighted by Crippen LogP contribution is 2.48. The highest BCUT2D eigenvalue weighted by molar-refractivity contribution is 7.52. The summed E-state index contributed by atoms with van der Waals surface area (Å²) in [7, 11) is -0.877. The number of fused-ring (bicyclic) bond motifs is 1. The normalized spacial score (nSPS) is 23.3. The summed E-state index contributed by atoms with van der Waals surface area (Å²) >= 11 is 0. The van der Waals surface area contributed by atoms with Gasteiger partial charge in [-0.3, -0.25) is 24.0 Å². The van der Waals surface area contributed by atoms with Crippen LogP contribution in [-0.2, 0) is 28.2 Å². The van der Waals surface area contributed by atoms with E-state index in [1.807, 2.05) is 0 Å². The van der Waals surface area contributed by atoms with Crippen molar-refractivity contribution in [1.82, 2.24) is 24.6 Å². The van der Waals surface area contributed by atoms with E-state index in [9.17, 15) is 19.3 Å². The maximum atomic E-state index is 16.3. The first-order chi connectivity index (χ1) is 21.5.